The van der Waals surface area contributed by atoms with E-state index in [1.54, 1.807) is 66.5 Å². The maximum Gasteiger partial charge on any atom is 0.309 e. The molecular formula is C31H23FN4O5. The Balaban J connectivity index is 1.46. The summed E-state index contributed by atoms with van der Waals surface area (Å²) in [4.78, 5) is 44.3. The van der Waals surface area contributed by atoms with Gasteiger partial charge >= 0.3 is 5.97 Å². The smallest absolute Gasteiger partial charge is 0.309 e. The molecule has 1 atom stereocenters. The normalized spacial score (nSPS) is 13.4. The molecule has 5 aromatic rings. The summed E-state index contributed by atoms with van der Waals surface area (Å²) in [6, 6.07) is 19.3. The second-order valence-corrected chi connectivity index (χ2v) is 9.50. The van der Waals surface area contributed by atoms with Crippen molar-refractivity contribution < 1.29 is 28.2 Å². The van der Waals surface area contributed by atoms with Crippen molar-refractivity contribution in [1.29, 1.82) is 0 Å². The Morgan fingerprint density at radius 3 is 2.41 bits per heavy atom. The molecular weight excluding hydrogens is 527 g/mol. The molecule has 0 aliphatic carbocycles. The Morgan fingerprint density at radius 2 is 1.73 bits per heavy atom. The van der Waals surface area contributed by atoms with Crippen LogP contribution in [0.2, 0.25) is 0 Å². The first-order valence-corrected chi connectivity index (χ1v) is 12.8. The summed E-state index contributed by atoms with van der Waals surface area (Å²) >= 11 is 0. The number of anilines is 1. The van der Waals surface area contributed by atoms with E-state index in [1.807, 2.05) is 12.1 Å². The SMILES string of the molecule is COC(=O)Cc1ccc(-n2cccn2)c(C(C)Oc2cc3cc(F)ccc3nc2N2C(=O)c3ccccc3C2=O)c1. The van der Waals surface area contributed by atoms with Crippen LogP contribution < -0.4 is 9.64 Å². The van der Waals surface area contributed by atoms with Crippen LogP contribution in [0.1, 0.15) is 44.9 Å². The van der Waals surface area contributed by atoms with Crippen molar-refractivity contribution in [1.82, 2.24) is 14.8 Å². The minimum Gasteiger partial charge on any atom is -0.482 e. The molecule has 1 aliphatic rings. The lowest BCUT2D eigenvalue weighted by atomic mass is 10.0. The van der Waals surface area contributed by atoms with Crippen LogP contribution in [-0.2, 0) is 16.0 Å². The molecule has 3 heterocycles. The summed E-state index contributed by atoms with van der Waals surface area (Å²) in [5.74, 6) is -1.83. The van der Waals surface area contributed by atoms with Crippen LogP contribution in [0.3, 0.4) is 0 Å². The number of benzene rings is 3. The van der Waals surface area contributed by atoms with Gasteiger partial charge in [-0.05, 0) is 67.1 Å². The van der Waals surface area contributed by atoms with Gasteiger partial charge < -0.3 is 9.47 Å². The van der Waals surface area contributed by atoms with Crippen LogP contribution in [0.5, 0.6) is 5.75 Å². The zero-order chi connectivity index (χ0) is 28.7. The van der Waals surface area contributed by atoms with Gasteiger partial charge in [0, 0.05) is 23.3 Å². The molecule has 0 saturated heterocycles. The Morgan fingerprint density at radius 1 is 0.976 bits per heavy atom. The average molecular weight is 551 g/mol. The van der Waals surface area contributed by atoms with Crippen LogP contribution in [0.25, 0.3) is 16.6 Å². The molecule has 0 spiro atoms. The van der Waals surface area contributed by atoms with Crippen molar-refractivity contribution in [2.45, 2.75) is 19.4 Å². The third-order valence-corrected chi connectivity index (χ3v) is 6.89. The highest BCUT2D eigenvalue weighted by atomic mass is 19.1. The predicted molar refractivity (Wildman–Crippen MR) is 148 cm³/mol. The van der Waals surface area contributed by atoms with E-state index in [0.717, 1.165) is 4.90 Å². The first kappa shape index (κ1) is 25.9. The molecule has 0 saturated carbocycles. The van der Waals surface area contributed by atoms with E-state index in [-0.39, 0.29) is 29.1 Å². The molecule has 0 N–H and O–H groups in total. The number of carbonyl (C=O) groups is 3. The second kappa shape index (κ2) is 10.3. The number of rotatable bonds is 7. The van der Waals surface area contributed by atoms with Crippen LogP contribution in [-0.4, -0.2) is 39.7 Å². The number of ether oxygens (including phenoxy) is 2. The van der Waals surface area contributed by atoms with Gasteiger partial charge in [-0.2, -0.15) is 5.10 Å². The number of esters is 1. The van der Waals surface area contributed by atoms with Gasteiger partial charge in [-0.25, -0.2) is 19.0 Å². The van der Waals surface area contributed by atoms with Gasteiger partial charge in [0.2, 0.25) is 0 Å². The van der Waals surface area contributed by atoms with E-state index in [1.165, 1.54) is 25.3 Å². The van der Waals surface area contributed by atoms with Gasteiger partial charge in [-0.3, -0.25) is 14.4 Å². The van der Waals surface area contributed by atoms with Crippen molar-refractivity contribution in [3.63, 3.8) is 0 Å². The summed E-state index contributed by atoms with van der Waals surface area (Å²) in [6.07, 6.45) is 2.77. The van der Waals surface area contributed by atoms with Crippen LogP contribution in [0.4, 0.5) is 10.2 Å². The highest BCUT2D eigenvalue weighted by Crippen LogP contribution is 2.38. The summed E-state index contributed by atoms with van der Waals surface area (Å²) in [5, 5.41) is 4.77. The first-order chi connectivity index (χ1) is 19.8. The van der Waals surface area contributed by atoms with Crippen LogP contribution in [0, 0.1) is 5.82 Å². The summed E-state index contributed by atoms with van der Waals surface area (Å²) in [6.45, 7) is 1.78. The molecule has 0 fully saturated rings. The van der Waals surface area contributed by atoms with Crippen LogP contribution >= 0.6 is 0 Å². The Bertz CT molecular complexity index is 1800. The maximum absolute atomic E-state index is 14.2. The van der Waals surface area contributed by atoms with E-state index in [2.05, 4.69) is 10.1 Å². The van der Waals surface area contributed by atoms with Gasteiger partial charge in [0.15, 0.2) is 11.6 Å². The second-order valence-electron chi connectivity index (χ2n) is 9.50. The quantitative estimate of drug-likeness (QED) is 0.202. The number of carbonyl (C=O) groups excluding carboxylic acids is 3. The molecule has 1 unspecified atom stereocenters. The fourth-order valence-corrected chi connectivity index (χ4v) is 4.90. The van der Waals surface area contributed by atoms with Crippen molar-refractivity contribution in [2.24, 2.45) is 0 Å². The van der Waals surface area contributed by atoms with Gasteiger partial charge in [-0.1, -0.05) is 18.2 Å². The largest absolute Gasteiger partial charge is 0.482 e. The number of amides is 2. The van der Waals surface area contributed by atoms with Gasteiger partial charge in [-0.15, -0.1) is 0 Å². The molecule has 2 amide bonds. The summed E-state index contributed by atoms with van der Waals surface area (Å²) < 4.78 is 27.1. The van der Waals surface area contributed by atoms with Gasteiger partial charge in [0.05, 0.1) is 35.9 Å². The molecule has 9 nitrogen and oxygen atoms in total. The monoisotopic (exact) mass is 550 g/mol. The lowest BCUT2D eigenvalue weighted by Crippen LogP contribution is -2.31. The Kier molecular flexibility index (Phi) is 6.50. The number of methoxy groups -OCH3 is 1. The molecule has 0 radical (unpaired) electrons. The number of hydrogen-bond donors (Lipinski definition) is 0. The van der Waals surface area contributed by atoms with Gasteiger partial charge in [0.25, 0.3) is 11.8 Å². The molecule has 1 aliphatic heterocycles. The van der Waals surface area contributed by atoms with E-state index in [4.69, 9.17) is 9.47 Å². The number of halogens is 1. The first-order valence-electron chi connectivity index (χ1n) is 12.8. The molecule has 10 heteroatoms. The summed E-state index contributed by atoms with van der Waals surface area (Å²) in [5.41, 5.74) is 2.96. The standard InChI is InChI=1S/C31H23FN4O5/c1-18(24-14-19(15-28(37)40-2)8-11-26(24)35-13-5-12-33-35)41-27-17-20-16-21(32)9-10-25(20)34-29(27)36-30(38)22-6-3-4-7-23(22)31(36)39/h3-14,16-18H,15H2,1-2H3. The fourth-order valence-electron chi connectivity index (χ4n) is 4.90. The van der Waals surface area contributed by atoms with Crippen molar-refractivity contribution >= 4 is 34.5 Å². The molecule has 2 aromatic heterocycles. The molecule has 6 rings (SSSR count). The number of nitrogens with zero attached hydrogens (tertiary/aromatic N) is 4. The van der Waals surface area contributed by atoms with Crippen molar-refractivity contribution in [2.75, 3.05) is 12.0 Å². The maximum atomic E-state index is 14.2. The van der Waals surface area contributed by atoms with Gasteiger partial charge in [0.1, 0.15) is 11.9 Å². The summed E-state index contributed by atoms with van der Waals surface area (Å²) in [7, 11) is 1.32. The fraction of sp³-hybridized carbons (Fsp3) is 0.129. The minimum absolute atomic E-state index is 0.00601. The topological polar surface area (TPSA) is 104 Å². The van der Waals surface area contributed by atoms with E-state index < -0.39 is 29.7 Å². The van der Waals surface area contributed by atoms with Crippen LogP contribution in [0.15, 0.2) is 85.2 Å². The third kappa shape index (κ3) is 4.69. The number of pyridine rings is 1. The highest BCUT2D eigenvalue weighted by Gasteiger charge is 2.39. The Labute approximate surface area is 233 Å². The molecule has 3 aromatic carbocycles. The average Bonchev–Trinajstić information content (AvgIpc) is 3.60. The number of imide groups is 1. The van der Waals surface area contributed by atoms with E-state index in [9.17, 15) is 18.8 Å². The highest BCUT2D eigenvalue weighted by molar-refractivity contribution is 6.34. The van der Waals surface area contributed by atoms with E-state index in [0.29, 0.717) is 27.7 Å². The Hall–Kier alpha value is -5.38. The van der Waals surface area contributed by atoms with Crippen molar-refractivity contribution in [3.8, 4) is 11.4 Å². The zero-order valence-electron chi connectivity index (χ0n) is 22.1. The van der Waals surface area contributed by atoms with Crippen molar-refractivity contribution in [3.05, 3.63) is 113 Å². The lowest BCUT2D eigenvalue weighted by Gasteiger charge is -2.23. The predicted octanol–water partition coefficient (Wildman–Crippen LogP) is 5.22. The molecule has 41 heavy (non-hydrogen) atoms. The zero-order valence-corrected chi connectivity index (χ0v) is 22.1. The number of fused-ring (bicyclic) bond motifs is 2. The lowest BCUT2D eigenvalue weighted by molar-refractivity contribution is -0.139. The third-order valence-electron chi connectivity index (χ3n) is 6.89. The number of aromatic nitrogens is 3. The molecule has 204 valence electrons. The van der Waals surface area contributed by atoms with E-state index >= 15 is 0 Å². The molecule has 0 bridgehead atoms. The minimum atomic E-state index is -0.687. The number of hydrogen-bond acceptors (Lipinski definition) is 7.